The lowest BCUT2D eigenvalue weighted by Crippen LogP contribution is -2.38. The molecule has 1 aliphatic heterocycles. The van der Waals surface area contributed by atoms with Crippen LogP contribution >= 0.6 is 11.6 Å². The van der Waals surface area contributed by atoms with Crippen molar-refractivity contribution in [3.05, 3.63) is 53.9 Å². The number of rotatable bonds is 5. The molecule has 6 nitrogen and oxygen atoms in total. The number of amides is 1. The van der Waals surface area contributed by atoms with E-state index >= 15 is 0 Å². The maximum Gasteiger partial charge on any atom is 0.219 e. The molecule has 0 bridgehead atoms. The smallest absolute Gasteiger partial charge is 0.219 e. The van der Waals surface area contributed by atoms with Crippen LogP contribution in [-0.2, 0) is 4.79 Å². The molecule has 7 heteroatoms. The van der Waals surface area contributed by atoms with Crippen LogP contribution in [0.2, 0.25) is 5.15 Å². The van der Waals surface area contributed by atoms with Crippen molar-refractivity contribution < 1.29 is 9.53 Å². The molecule has 0 radical (unpaired) electrons. The summed E-state index contributed by atoms with van der Waals surface area (Å²) in [5.41, 5.74) is 0.826. The largest absolute Gasteiger partial charge is 0.493 e. The van der Waals surface area contributed by atoms with E-state index in [2.05, 4.69) is 15.3 Å². The molecule has 29 heavy (non-hydrogen) atoms. The van der Waals surface area contributed by atoms with Crippen LogP contribution in [0.25, 0.3) is 10.8 Å². The van der Waals surface area contributed by atoms with E-state index in [4.69, 9.17) is 16.3 Å². The van der Waals surface area contributed by atoms with E-state index < -0.39 is 0 Å². The topological polar surface area (TPSA) is 67.3 Å². The van der Waals surface area contributed by atoms with Crippen molar-refractivity contribution in [2.45, 2.75) is 19.8 Å². The SMILES string of the molecule is CC(=O)N1CCC(COc2ccc3c(Nc4ccc(Cl)nc4)nccc3c2)CC1. The molecule has 0 aliphatic carbocycles. The lowest BCUT2D eigenvalue weighted by atomic mass is 9.98. The number of fused-ring (bicyclic) bond motifs is 1. The zero-order chi connectivity index (χ0) is 20.2. The number of benzene rings is 1. The Morgan fingerprint density at radius 1 is 1.21 bits per heavy atom. The Kier molecular flexibility index (Phi) is 5.81. The summed E-state index contributed by atoms with van der Waals surface area (Å²) < 4.78 is 6.05. The Labute approximate surface area is 174 Å². The average molecular weight is 411 g/mol. The number of aromatic nitrogens is 2. The molecular formula is C22H23ClN4O2. The number of likely N-dealkylation sites (tertiary alicyclic amines) is 1. The van der Waals surface area contributed by atoms with Gasteiger partial charge in [0.1, 0.15) is 16.7 Å². The Bertz CT molecular complexity index is 1000. The number of piperidine rings is 1. The van der Waals surface area contributed by atoms with E-state index in [1.54, 1.807) is 25.4 Å². The number of ether oxygens (including phenoxy) is 1. The first kappa shape index (κ1) is 19.5. The molecule has 0 atom stereocenters. The second kappa shape index (κ2) is 8.66. The van der Waals surface area contributed by atoms with E-state index in [1.165, 1.54) is 0 Å². The molecule has 4 rings (SSSR count). The third-order valence-corrected chi connectivity index (χ3v) is 5.50. The van der Waals surface area contributed by atoms with E-state index in [-0.39, 0.29) is 5.91 Å². The molecule has 1 fully saturated rings. The first-order valence-corrected chi connectivity index (χ1v) is 10.1. The zero-order valence-electron chi connectivity index (χ0n) is 16.3. The Balaban J connectivity index is 1.42. The molecule has 150 valence electrons. The Morgan fingerprint density at radius 3 is 2.76 bits per heavy atom. The standard InChI is InChI=1S/C22H23ClN4O2/c1-15(28)27-10-7-16(8-11-27)14-29-19-3-4-20-17(12-19)6-9-24-22(20)26-18-2-5-21(23)25-13-18/h2-6,9,12-13,16H,7-8,10-11,14H2,1H3,(H,24,26). The molecule has 1 N–H and O–H groups in total. The predicted octanol–water partition coefficient (Wildman–Crippen LogP) is 4.66. The molecular weight excluding hydrogens is 388 g/mol. The van der Waals surface area contributed by atoms with Crippen molar-refractivity contribution in [3.8, 4) is 5.75 Å². The summed E-state index contributed by atoms with van der Waals surface area (Å²) >= 11 is 5.85. The van der Waals surface area contributed by atoms with Gasteiger partial charge in [-0.1, -0.05) is 11.6 Å². The van der Waals surface area contributed by atoms with Crippen molar-refractivity contribution in [1.82, 2.24) is 14.9 Å². The van der Waals surface area contributed by atoms with Gasteiger partial charge in [-0.3, -0.25) is 4.79 Å². The minimum Gasteiger partial charge on any atom is -0.493 e. The van der Waals surface area contributed by atoms with Gasteiger partial charge in [0, 0.05) is 31.6 Å². The Hall–Kier alpha value is -2.86. The van der Waals surface area contributed by atoms with Crippen molar-refractivity contribution in [1.29, 1.82) is 0 Å². The van der Waals surface area contributed by atoms with Gasteiger partial charge in [0.25, 0.3) is 0 Å². The molecule has 1 aromatic carbocycles. The minimum absolute atomic E-state index is 0.159. The number of carbonyl (C=O) groups excluding carboxylic acids is 1. The van der Waals surface area contributed by atoms with Gasteiger partial charge >= 0.3 is 0 Å². The van der Waals surface area contributed by atoms with Gasteiger partial charge in [0.15, 0.2) is 0 Å². The highest BCUT2D eigenvalue weighted by molar-refractivity contribution is 6.29. The van der Waals surface area contributed by atoms with Crippen LogP contribution in [0.15, 0.2) is 48.8 Å². The van der Waals surface area contributed by atoms with Crippen molar-refractivity contribution in [2.75, 3.05) is 25.0 Å². The van der Waals surface area contributed by atoms with E-state index in [0.29, 0.717) is 17.7 Å². The summed E-state index contributed by atoms with van der Waals surface area (Å²) in [5, 5.41) is 5.79. The van der Waals surface area contributed by atoms with Gasteiger partial charge < -0.3 is 15.0 Å². The van der Waals surface area contributed by atoms with E-state index in [1.807, 2.05) is 35.2 Å². The molecule has 1 saturated heterocycles. The van der Waals surface area contributed by atoms with Crippen molar-refractivity contribution in [3.63, 3.8) is 0 Å². The summed E-state index contributed by atoms with van der Waals surface area (Å²) in [4.78, 5) is 21.9. The van der Waals surface area contributed by atoms with Crippen LogP contribution in [0, 0.1) is 5.92 Å². The third kappa shape index (κ3) is 4.77. The second-order valence-corrected chi connectivity index (χ2v) is 7.68. The molecule has 2 aromatic heterocycles. The number of hydrogen-bond acceptors (Lipinski definition) is 5. The van der Waals surface area contributed by atoms with Gasteiger partial charge in [-0.15, -0.1) is 0 Å². The van der Waals surface area contributed by atoms with Crippen molar-refractivity contribution >= 4 is 39.8 Å². The van der Waals surface area contributed by atoms with E-state index in [0.717, 1.165) is 54.0 Å². The number of hydrogen-bond donors (Lipinski definition) is 1. The maximum atomic E-state index is 11.4. The summed E-state index contributed by atoms with van der Waals surface area (Å²) in [6, 6.07) is 11.6. The average Bonchev–Trinajstić information content (AvgIpc) is 2.74. The monoisotopic (exact) mass is 410 g/mol. The zero-order valence-corrected chi connectivity index (χ0v) is 17.0. The fourth-order valence-electron chi connectivity index (χ4n) is 3.56. The molecule has 0 saturated carbocycles. The molecule has 3 aromatic rings. The number of anilines is 2. The lowest BCUT2D eigenvalue weighted by Gasteiger charge is -2.31. The van der Waals surface area contributed by atoms with E-state index in [9.17, 15) is 4.79 Å². The number of halogens is 1. The quantitative estimate of drug-likeness (QED) is 0.619. The third-order valence-electron chi connectivity index (χ3n) is 5.27. The highest BCUT2D eigenvalue weighted by Gasteiger charge is 2.21. The summed E-state index contributed by atoms with van der Waals surface area (Å²) in [6.45, 7) is 3.94. The van der Waals surface area contributed by atoms with Crippen LogP contribution in [-0.4, -0.2) is 40.5 Å². The summed E-state index contributed by atoms with van der Waals surface area (Å²) in [5.74, 6) is 2.24. The molecule has 3 heterocycles. The van der Waals surface area contributed by atoms with Crippen LogP contribution < -0.4 is 10.1 Å². The van der Waals surface area contributed by atoms with Crippen molar-refractivity contribution in [2.24, 2.45) is 5.92 Å². The number of nitrogens with zero attached hydrogens (tertiary/aromatic N) is 3. The normalized spacial score (nSPS) is 14.8. The fourth-order valence-corrected chi connectivity index (χ4v) is 3.67. The summed E-state index contributed by atoms with van der Waals surface area (Å²) in [6.07, 6.45) is 5.42. The Morgan fingerprint density at radius 2 is 2.03 bits per heavy atom. The van der Waals surface area contributed by atoms with Crippen LogP contribution in [0.1, 0.15) is 19.8 Å². The first-order chi connectivity index (χ1) is 14.1. The number of pyridine rings is 2. The first-order valence-electron chi connectivity index (χ1n) is 9.74. The van der Waals surface area contributed by atoms with Crippen LogP contribution in [0.5, 0.6) is 5.75 Å². The molecule has 0 unspecified atom stereocenters. The predicted molar refractivity (Wildman–Crippen MR) is 115 cm³/mol. The van der Waals surface area contributed by atoms with Gasteiger partial charge in [0.05, 0.1) is 18.5 Å². The highest BCUT2D eigenvalue weighted by atomic mass is 35.5. The van der Waals surface area contributed by atoms with Crippen LogP contribution in [0.4, 0.5) is 11.5 Å². The molecule has 1 aliphatic rings. The maximum absolute atomic E-state index is 11.4. The van der Waals surface area contributed by atoms with Gasteiger partial charge in [0.2, 0.25) is 5.91 Å². The number of carbonyl (C=O) groups is 1. The second-order valence-electron chi connectivity index (χ2n) is 7.30. The van der Waals surface area contributed by atoms with Crippen LogP contribution in [0.3, 0.4) is 0 Å². The van der Waals surface area contributed by atoms with Gasteiger partial charge in [-0.2, -0.15) is 0 Å². The highest BCUT2D eigenvalue weighted by Crippen LogP contribution is 2.28. The summed E-state index contributed by atoms with van der Waals surface area (Å²) in [7, 11) is 0. The fraction of sp³-hybridized carbons (Fsp3) is 0.318. The van der Waals surface area contributed by atoms with Gasteiger partial charge in [-0.25, -0.2) is 9.97 Å². The molecule has 1 amide bonds. The molecule has 0 spiro atoms. The van der Waals surface area contributed by atoms with Gasteiger partial charge in [-0.05, 0) is 60.5 Å². The lowest BCUT2D eigenvalue weighted by molar-refractivity contribution is -0.130. The minimum atomic E-state index is 0.159. The number of nitrogens with one attached hydrogen (secondary N) is 1.